The molecule has 1 saturated heterocycles. The van der Waals surface area contributed by atoms with E-state index in [4.69, 9.17) is 0 Å². The molecule has 1 aliphatic carbocycles. The fourth-order valence-corrected chi connectivity index (χ4v) is 4.92. The lowest BCUT2D eigenvalue weighted by atomic mass is 9.96. The Morgan fingerprint density at radius 1 is 1.15 bits per heavy atom. The molecule has 1 saturated carbocycles. The van der Waals surface area contributed by atoms with Gasteiger partial charge in [-0.1, -0.05) is 11.3 Å². The molecule has 1 aliphatic heterocycles. The van der Waals surface area contributed by atoms with Gasteiger partial charge >= 0.3 is 0 Å². The van der Waals surface area contributed by atoms with Gasteiger partial charge in [-0.3, -0.25) is 19.0 Å². The first kappa shape index (κ1) is 22.4. The van der Waals surface area contributed by atoms with Crippen molar-refractivity contribution < 1.29 is 18.4 Å². The lowest BCUT2D eigenvalue weighted by Crippen LogP contribution is -2.41. The van der Waals surface area contributed by atoms with Crippen LogP contribution in [0.25, 0.3) is 10.3 Å². The summed E-state index contributed by atoms with van der Waals surface area (Å²) in [4.78, 5) is 48.2. The molecule has 12 heteroatoms. The number of carbonyl (C=O) groups excluding carboxylic acids is 2. The van der Waals surface area contributed by atoms with E-state index >= 15 is 0 Å². The van der Waals surface area contributed by atoms with E-state index in [0.29, 0.717) is 41.8 Å². The molecular formula is C22H22F2N6O3S. The lowest BCUT2D eigenvalue weighted by molar-refractivity contribution is -0.125. The maximum atomic E-state index is 13.8. The second kappa shape index (κ2) is 9.09. The van der Waals surface area contributed by atoms with Gasteiger partial charge in [0.1, 0.15) is 29.2 Å². The zero-order valence-electron chi connectivity index (χ0n) is 18.1. The first-order valence-corrected chi connectivity index (χ1v) is 11.9. The minimum absolute atomic E-state index is 0.0111. The number of piperidine rings is 1. The molecule has 0 radical (unpaired) electrons. The van der Waals surface area contributed by atoms with Crippen molar-refractivity contribution in [2.45, 2.75) is 38.3 Å². The van der Waals surface area contributed by atoms with Crippen LogP contribution in [0.1, 0.15) is 25.7 Å². The minimum atomic E-state index is -0.781. The van der Waals surface area contributed by atoms with Crippen molar-refractivity contribution in [2.24, 2.45) is 5.92 Å². The van der Waals surface area contributed by atoms with Gasteiger partial charge in [-0.05, 0) is 37.8 Å². The molecule has 0 bridgehead atoms. The topological polar surface area (TPSA) is 109 Å². The van der Waals surface area contributed by atoms with Crippen molar-refractivity contribution in [1.29, 1.82) is 0 Å². The van der Waals surface area contributed by atoms with Crippen molar-refractivity contribution in [3.8, 4) is 0 Å². The number of fused-ring (bicyclic) bond motifs is 1. The molecule has 3 aromatic rings. The van der Waals surface area contributed by atoms with Gasteiger partial charge in [-0.2, -0.15) is 4.98 Å². The molecule has 34 heavy (non-hydrogen) atoms. The number of aromatic nitrogens is 3. The summed E-state index contributed by atoms with van der Waals surface area (Å²) in [6, 6.07) is 3.07. The molecule has 2 aliphatic rings. The van der Waals surface area contributed by atoms with E-state index in [9.17, 15) is 23.2 Å². The van der Waals surface area contributed by atoms with Gasteiger partial charge in [0.25, 0.3) is 5.56 Å². The third kappa shape index (κ3) is 4.76. The van der Waals surface area contributed by atoms with Crippen LogP contribution in [-0.4, -0.2) is 45.5 Å². The third-order valence-electron chi connectivity index (χ3n) is 5.95. The second-order valence-electron chi connectivity index (χ2n) is 8.54. The molecule has 178 valence electrons. The Bertz CT molecular complexity index is 1310. The maximum Gasteiger partial charge on any atom is 0.273 e. The third-order valence-corrected chi connectivity index (χ3v) is 7.04. The van der Waals surface area contributed by atoms with Crippen LogP contribution in [0.15, 0.2) is 29.3 Å². The van der Waals surface area contributed by atoms with Crippen LogP contribution in [-0.2, 0) is 16.1 Å². The molecule has 2 aromatic heterocycles. The first-order chi connectivity index (χ1) is 16.4. The van der Waals surface area contributed by atoms with E-state index in [2.05, 4.69) is 20.6 Å². The SMILES string of the molecule is O=C(Cn1cnc2nc(N3CCC(C(=O)NC4CC4)CC3)sc2c1=O)Nc1cc(F)ccc1F. The molecule has 5 rings (SSSR count). The van der Waals surface area contributed by atoms with E-state index in [-0.39, 0.29) is 23.2 Å². The summed E-state index contributed by atoms with van der Waals surface area (Å²) >= 11 is 1.19. The summed E-state index contributed by atoms with van der Waals surface area (Å²) in [6.45, 7) is 0.892. The van der Waals surface area contributed by atoms with Gasteiger partial charge in [0, 0.05) is 31.1 Å². The average Bonchev–Trinajstić information content (AvgIpc) is 3.52. The predicted octanol–water partition coefficient (Wildman–Crippen LogP) is 2.26. The van der Waals surface area contributed by atoms with E-state index in [0.717, 1.165) is 35.6 Å². The van der Waals surface area contributed by atoms with E-state index < -0.39 is 29.6 Å². The van der Waals surface area contributed by atoms with E-state index in [1.807, 2.05) is 4.90 Å². The second-order valence-corrected chi connectivity index (χ2v) is 9.52. The number of amides is 2. The van der Waals surface area contributed by atoms with Crippen molar-refractivity contribution in [3.05, 3.63) is 46.5 Å². The molecule has 2 amide bonds. The molecule has 3 heterocycles. The van der Waals surface area contributed by atoms with Crippen molar-refractivity contribution >= 4 is 44.3 Å². The summed E-state index contributed by atoms with van der Waals surface area (Å²) in [5.74, 6) is -2.06. The number of anilines is 2. The van der Waals surface area contributed by atoms with Gasteiger partial charge < -0.3 is 15.5 Å². The van der Waals surface area contributed by atoms with Gasteiger partial charge in [-0.25, -0.2) is 13.8 Å². The number of benzene rings is 1. The smallest absolute Gasteiger partial charge is 0.273 e. The van der Waals surface area contributed by atoms with E-state index in [1.165, 1.54) is 17.7 Å². The molecule has 0 spiro atoms. The highest BCUT2D eigenvalue weighted by Crippen LogP contribution is 2.30. The Morgan fingerprint density at radius 3 is 2.65 bits per heavy atom. The molecule has 2 N–H and O–H groups in total. The standard InChI is InChI=1S/C22H22F2N6O3S/c23-13-1-4-15(24)16(9-13)27-17(31)10-30-11-25-19-18(21(30)33)34-22(28-19)29-7-5-12(6-8-29)20(32)26-14-2-3-14/h1,4,9,11-12,14H,2-3,5-8,10H2,(H,26,32)(H,27,31). The number of rotatable bonds is 6. The summed E-state index contributed by atoms with van der Waals surface area (Å²) in [7, 11) is 0. The normalized spacial score (nSPS) is 16.6. The molecular weight excluding hydrogens is 466 g/mol. The fourth-order valence-electron chi connectivity index (χ4n) is 3.90. The summed E-state index contributed by atoms with van der Waals surface area (Å²) in [5, 5.41) is 5.96. The van der Waals surface area contributed by atoms with E-state index in [1.54, 1.807) is 0 Å². The molecule has 2 fully saturated rings. The molecule has 0 unspecified atom stereocenters. The van der Waals surface area contributed by atoms with Crippen molar-refractivity contribution in [1.82, 2.24) is 19.9 Å². The average molecular weight is 489 g/mol. The highest BCUT2D eigenvalue weighted by Gasteiger charge is 2.30. The number of halogens is 2. The highest BCUT2D eigenvalue weighted by molar-refractivity contribution is 7.22. The number of carbonyl (C=O) groups is 2. The first-order valence-electron chi connectivity index (χ1n) is 11.0. The van der Waals surface area contributed by atoms with Crippen molar-refractivity contribution in [3.63, 3.8) is 0 Å². The van der Waals surface area contributed by atoms with Gasteiger partial charge in [0.2, 0.25) is 11.8 Å². The number of nitrogens with one attached hydrogen (secondary N) is 2. The summed E-state index contributed by atoms with van der Waals surface area (Å²) in [6.07, 6.45) is 4.75. The molecule has 1 aromatic carbocycles. The lowest BCUT2D eigenvalue weighted by Gasteiger charge is -2.30. The predicted molar refractivity (Wildman–Crippen MR) is 123 cm³/mol. The maximum absolute atomic E-state index is 13.8. The number of hydrogen-bond acceptors (Lipinski definition) is 7. The monoisotopic (exact) mass is 488 g/mol. The largest absolute Gasteiger partial charge is 0.353 e. The van der Waals surface area contributed by atoms with Crippen molar-refractivity contribution in [2.75, 3.05) is 23.3 Å². The molecule has 9 nitrogen and oxygen atoms in total. The summed E-state index contributed by atoms with van der Waals surface area (Å²) in [5.41, 5.74) is -0.463. The van der Waals surface area contributed by atoms with Crippen LogP contribution in [0.4, 0.5) is 19.6 Å². The Hall–Kier alpha value is -3.41. The summed E-state index contributed by atoms with van der Waals surface area (Å²) < 4.78 is 28.5. The number of nitrogens with zero attached hydrogens (tertiary/aromatic N) is 4. The van der Waals surface area contributed by atoms with Crippen LogP contribution in [0.3, 0.4) is 0 Å². The van der Waals surface area contributed by atoms with Crippen LogP contribution in [0, 0.1) is 17.6 Å². The molecule has 0 atom stereocenters. The van der Waals surface area contributed by atoms with Crippen LogP contribution >= 0.6 is 11.3 Å². The highest BCUT2D eigenvalue weighted by atomic mass is 32.1. The Labute approximate surface area is 196 Å². The zero-order valence-corrected chi connectivity index (χ0v) is 18.9. The van der Waals surface area contributed by atoms with Gasteiger partial charge in [0.05, 0.1) is 5.69 Å². The van der Waals surface area contributed by atoms with Gasteiger partial charge in [0.15, 0.2) is 10.8 Å². The van der Waals surface area contributed by atoms with Crippen LogP contribution in [0.2, 0.25) is 0 Å². The number of hydrogen-bond donors (Lipinski definition) is 2. The fraction of sp³-hybridized carbons (Fsp3) is 0.409. The Balaban J connectivity index is 1.26. The number of thiazole rings is 1. The quantitative estimate of drug-likeness (QED) is 0.551. The van der Waals surface area contributed by atoms with Gasteiger partial charge in [-0.15, -0.1) is 0 Å². The Kier molecular flexibility index (Phi) is 5.98. The zero-order chi connectivity index (χ0) is 23.8. The minimum Gasteiger partial charge on any atom is -0.353 e. The van der Waals surface area contributed by atoms with Crippen LogP contribution in [0.5, 0.6) is 0 Å². The van der Waals surface area contributed by atoms with Crippen LogP contribution < -0.4 is 21.1 Å². The Morgan fingerprint density at radius 2 is 1.91 bits per heavy atom.